The minimum absolute atomic E-state index is 0.321. The van der Waals surface area contributed by atoms with Crippen LogP contribution in [0.25, 0.3) is 5.69 Å². The number of hydrogen-bond acceptors (Lipinski definition) is 3. The Morgan fingerprint density at radius 2 is 2.00 bits per heavy atom. The molecule has 19 heavy (non-hydrogen) atoms. The van der Waals surface area contributed by atoms with Crippen molar-refractivity contribution in [2.24, 2.45) is 5.73 Å². The summed E-state index contributed by atoms with van der Waals surface area (Å²) in [6, 6.07) is 5.90. The highest BCUT2D eigenvalue weighted by molar-refractivity contribution is 5.89. The van der Waals surface area contributed by atoms with Crippen LogP contribution in [0.3, 0.4) is 0 Å². The zero-order valence-corrected chi connectivity index (χ0v) is 10.4. The first-order valence-electron chi connectivity index (χ1n) is 6.03. The number of rotatable bonds is 3. The average molecular weight is 260 g/mol. The van der Waals surface area contributed by atoms with E-state index in [2.05, 4.69) is 10.1 Å². The van der Waals surface area contributed by atoms with Crippen molar-refractivity contribution in [1.82, 2.24) is 14.8 Å². The van der Waals surface area contributed by atoms with Crippen molar-refractivity contribution in [3.63, 3.8) is 0 Å². The number of carbonyl (C=O) groups excluding carboxylic acids is 1. The van der Waals surface area contributed by atoms with Gasteiger partial charge in [0.2, 0.25) is 5.91 Å². The zero-order chi connectivity index (χ0) is 13.6. The van der Waals surface area contributed by atoms with Gasteiger partial charge in [0, 0.05) is 0 Å². The van der Waals surface area contributed by atoms with Crippen LogP contribution < -0.4 is 5.73 Å². The molecule has 1 aromatic carbocycles. The molecule has 0 aliphatic heterocycles. The van der Waals surface area contributed by atoms with Crippen LogP contribution in [0.1, 0.15) is 24.5 Å². The normalized spacial score (nSPS) is 16.3. The summed E-state index contributed by atoms with van der Waals surface area (Å²) in [5, 5.41) is 4.27. The Morgan fingerprint density at radius 1 is 1.37 bits per heavy atom. The van der Waals surface area contributed by atoms with Crippen molar-refractivity contribution in [3.05, 3.63) is 41.7 Å². The largest absolute Gasteiger partial charge is 0.369 e. The molecule has 1 saturated carbocycles. The van der Waals surface area contributed by atoms with Gasteiger partial charge in [-0.3, -0.25) is 4.79 Å². The van der Waals surface area contributed by atoms with Gasteiger partial charge in [-0.25, -0.2) is 14.1 Å². The zero-order valence-electron chi connectivity index (χ0n) is 10.4. The third-order valence-electron chi connectivity index (χ3n) is 3.43. The van der Waals surface area contributed by atoms with Gasteiger partial charge in [-0.2, -0.15) is 5.10 Å². The fourth-order valence-corrected chi connectivity index (χ4v) is 2.19. The molecule has 0 bridgehead atoms. The lowest BCUT2D eigenvalue weighted by Gasteiger charge is -2.12. The number of primary amides is 1. The van der Waals surface area contributed by atoms with Crippen LogP contribution >= 0.6 is 0 Å². The van der Waals surface area contributed by atoms with E-state index >= 15 is 0 Å². The number of amides is 1. The molecular weight excluding hydrogens is 247 g/mol. The van der Waals surface area contributed by atoms with Crippen molar-refractivity contribution in [2.75, 3.05) is 0 Å². The molecule has 5 nitrogen and oxygen atoms in total. The molecule has 0 radical (unpaired) electrons. The molecule has 1 aliphatic rings. The predicted molar refractivity (Wildman–Crippen MR) is 66.2 cm³/mol. The molecule has 2 aromatic rings. The molecule has 1 heterocycles. The van der Waals surface area contributed by atoms with Crippen LogP contribution in [-0.4, -0.2) is 20.7 Å². The summed E-state index contributed by atoms with van der Waals surface area (Å²) >= 11 is 0. The van der Waals surface area contributed by atoms with E-state index in [4.69, 9.17) is 5.73 Å². The van der Waals surface area contributed by atoms with Crippen molar-refractivity contribution in [3.8, 4) is 5.69 Å². The Bertz CT molecular complexity index is 643. The summed E-state index contributed by atoms with van der Waals surface area (Å²) in [4.78, 5) is 15.9. The van der Waals surface area contributed by atoms with Gasteiger partial charge in [-0.1, -0.05) is 0 Å². The predicted octanol–water partition coefficient (Wildman–Crippen LogP) is 1.23. The highest BCUT2D eigenvalue weighted by atomic mass is 19.1. The van der Waals surface area contributed by atoms with Crippen LogP contribution in [0.2, 0.25) is 0 Å². The number of aryl methyl sites for hydroxylation is 1. The fourth-order valence-electron chi connectivity index (χ4n) is 2.19. The molecule has 0 saturated heterocycles. The first-order chi connectivity index (χ1) is 9.03. The molecule has 1 amide bonds. The minimum atomic E-state index is -0.713. The lowest BCUT2D eigenvalue weighted by Crippen LogP contribution is -2.31. The van der Waals surface area contributed by atoms with Crippen LogP contribution in [-0.2, 0) is 10.2 Å². The second kappa shape index (κ2) is 3.88. The summed E-state index contributed by atoms with van der Waals surface area (Å²) in [5.41, 5.74) is 5.42. The van der Waals surface area contributed by atoms with Crippen molar-refractivity contribution >= 4 is 5.91 Å². The Kier molecular flexibility index (Phi) is 2.41. The number of halogens is 1. The number of nitrogens with zero attached hydrogens (tertiary/aromatic N) is 3. The monoisotopic (exact) mass is 260 g/mol. The maximum atomic E-state index is 13.0. The van der Waals surface area contributed by atoms with Crippen molar-refractivity contribution in [2.45, 2.75) is 25.2 Å². The Morgan fingerprint density at radius 3 is 2.53 bits per heavy atom. The molecule has 98 valence electrons. The molecule has 0 atom stereocenters. The molecule has 1 aliphatic carbocycles. The van der Waals surface area contributed by atoms with Crippen molar-refractivity contribution in [1.29, 1.82) is 0 Å². The second-order valence-corrected chi connectivity index (χ2v) is 4.82. The Labute approximate surface area is 109 Å². The van der Waals surface area contributed by atoms with Crippen molar-refractivity contribution < 1.29 is 9.18 Å². The van der Waals surface area contributed by atoms with Crippen LogP contribution in [0.15, 0.2) is 24.3 Å². The highest BCUT2D eigenvalue weighted by Crippen LogP contribution is 2.47. The number of hydrogen-bond donors (Lipinski definition) is 1. The molecule has 1 fully saturated rings. The van der Waals surface area contributed by atoms with E-state index in [0.29, 0.717) is 30.2 Å². The first-order valence-corrected chi connectivity index (χ1v) is 6.03. The molecule has 3 rings (SSSR count). The van der Waals surface area contributed by atoms with Gasteiger partial charge in [-0.05, 0) is 44.0 Å². The van der Waals surface area contributed by atoms with E-state index in [1.165, 1.54) is 12.1 Å². The van der Waals surface area contributed by atoms with Gasteiger partial charge < -0.3 is 5.73 Å². The fraction of sp³-hybridized carbons (Fsp3) is 0.308. The lowest BCUT2D eigenvalue weighted by atomic mass is 10.1. The van der Waals surface area contributed by atoms with E-state index in [1.807, 2.05) is 0 Å². The third kappa shape index (κ3) is 1.80. The highest BCUT2D eigenvalue weighted by Gasteiger charge is 2.54. The summed E-state index contributed by atoms with van der Waals surface area (Å²) in [6.07, 6.45) is 1.36. The quantitative estimate of drug-likeness (QED) is 0.902. The minimum Gasteiger partial charge on any atom is -0.369 e. The molecule has 0 unspecified atom stereocenters. The molecule has 2 N–H and O–H groups in total. The second-order valence-electron chi connectivity index (χ2n) is 4.82. The standard InChI is InChI=1S/C13H13FN4O/c1-8-16-12(13(6-7-13)11(15)19)18(17-8)10-4-2-9(14)3-5-10/h2-5H,6-7H2,1H3,(H2,15,19). The van der Waals surface area contributed by atoms with Gasteiger partial charge >= 0.3 is 0 Å². The van der Waals surface area contributed by atoms with Crippen LogP contribution in [0, 0.1) is 12.7 Å². The first kappa shape index (κ1) is 11.8. The summed E-state index contributed by atoms with van der Waals surface area (Å²) in [6.45, 7) is 1.75. The Balaban J connectivity index is 2.12. The van der Waals surface area contributed by atoms with Gasteiger partial charge in [0.15, 0.2) is 0 Å². The molecule has 6 heteroatoms. The molecular formula is C13H13FN4O. The van der Waals surface area contributed by atoms with E-state index in [-0.39, 0.29) is 11.7 Å². The van der Waals surface area contributed by atoms with Gasteiger partial charge in [0.1, 0.15) is 22.9 Å². The third-order valence-corrected chi connectivity index (χ3v) is 3.43. The maximum absolute atomic E-state index is 13.0. The number of benzene rings is 1. The van der Waals surface area contributed by atoms with Gasteiger partial charge in [0.25, 0.3) is 0 Å². The van der Waals surface area contributed by atoms with Crippen LogP contribution in [0.4, 0.5) is 4.39 Å². The summed E-state index contributed by atoms with van der Waals surface area (Å²) < 4.78 is 14.5. The SMILES string of the molecule is Cc1nc(C2(C(N)=O)CC2)n(-c2ccc(F)cc2)n1. The number of aromatic nitrogens is 3. The van der Waals surface area contributed by atoms with E-state index < -0.39 is 5.41 Å². The average Bonchev–Trinajstić information content (AvgIpc) is 3.09. The van der Waals surface area contributed by atoms with E-state index in [1.54, 1.807) is 23.7 Å². The van der Waals surface area contributed by atoms with Gasteiger partial charge in [-0.15, -0.1) is 0 Å². The summed E-state index contributed by atoms with van der Waals surface area (Å²) in [7, 11) is 0. The van der Waals surface area contributed by atoms with Gasteiger partial charge in [0.05, 0.1) is 5.69 Å². The van der Waals surface area contributed by atoms with Crippen LogP contribution in [0.5, 0.6) is 0 Å². The molecule has 1 aromatic heterocycles. The smallest absolute Gasteiger partial charge is 0.231 e. The number of carbonyl (C=O) groups is 1. The lowest BCUT2D eigenvalue weighted by molar-refractivity contribution is -0.120. The van der Waals surface area contributed by atoms with E-state index in [9.17, 15) is 9.18 Å². The topological polar surface area (TPSA) is 73.8 Å². The summed E-state index contributed by atoms with van der Waals surface area (Å²) in [5.74, 6) is 0.400. The molecule has 0 spiro atoms. The number of nitrogens with two attached hydrogens (primary N) is 1. The maximum Gasteiger partial charge on any atom is 0.231 e. The van der Waals surface area contributed by atoms with E-state index in [0.717, 1.165) is 0 Å². The Hall–Kier alpha value is -2.24.